The fraction of sp³-hybridized carbons (Fsp3) is 0. The Balaban J connectivity index is 1.93. The molecule has 1 N–H and O–H groups in total. The number of carbonyl (C=O) groups excluding carboxylic acids is 2. The van der Waals surface area contributed by atoms with Crippen LogP contribution in [0.2, 0.25) is 10.0 Å². The summed E-state index contributed by atoms with van der Waals surface area (Å²) in [5.74, 6) is -1.16. The van der Waals surface area contributed by atoms with Gasteiger partial charge >= 0.3 is 0 Å². The van der Waals surface area contributed by atoms with Crippen LogP contribution in [0.15, 0.2) is 59.3 Å². The van der Waals surface area contributed by atoms with Gasteiger partial charge in [-0.25, -0.2) is 4.90 Å². The highest BCUT2D eigenvalue weighted by Gasteiger charge is 2.39. The number of benzene rings is 2. The molecule has 0 fully saturated rings. The van der Waals surface area contributed by atoms with Crippen LogP contribution in [0, 0.1) is 0 Å². The predicted molar refractivity (Wildman–Crippen MR) is 91.9 cm³/mol. The van der Waals surface area contributed by atoms with Gasteiger partial charge in [-0.15, -0.1) is 0 Å². The SMILES string of the molecule is O=C1C(Cl)=C(Nc2ccccc2Cl)C(=O)N1c1ccc(Cl)cc1. The first-order valence-electron chi connectivity index (χ1n) is 6.54. The standard InChI is InChI=1S/C16H9Cl3N2O2/c17-9-5-7-10(8-6-9)21-15(22)13(19)14(16(21)23)20-12-4-2-1-3-11(12)18/h1-8,20H. The number of nitrogens with zero attached hydrogens (tertiary/aromatic N) is 1. The number of hydrogen-bond donors (Lipinski definition) is 1. The van der Waals surface area contributed by atoms with E-state index in [2.05, 4.69) is 5.32 Å². The average Bonchev–Trinajstić information content (AvgIpc) is 2.74. The molecule has 7 heteroatoms. The minimum atomic E-state index is -0.603. The zero-order valence-corrected chi connectivity index (χ0v) is 13.8. The number of carbonyl (C=O) groups is 2. The van der Waals surface area contributed by atoms with Crippen molar-refractivity contribution in [3.63, 3.8) is 0 Å². The topological polar surface area (TPSA) is 49.4 Å². The predicted octanol–water partition coefficient (Wildman–Crippen LogP) is 4.43. The lowest BCUT2D eigenvalue weighted by molar-refractivity contribution is -0.120. The molecule has 4 nitrogen and oxygen atoms in total. The van der Waals surface area contributed by atoms with Crippen molar-refractivity contribution < 1.29 is 9.59 Å². The van der Waals surface area contributed by atoms with Crippen LogP contribution >= 0.6 is 34.8 Å². The van der Waals surface area contributed by atoms with Crippen molar-refractivity contribution in [2.24, 2.45) is 0 Å². The number of imide groups is 1. The summed E-state index contributed by atoms with van der Waals surface area (Å²) in [6, 6.07) is 13.2. The first-order valence-corrected chi connectivity index (χ1v) is 7.68. The van der Waals surface area contributed by atoms with E-state index in [4.69, 9.17) is 34.8 Å². The Hall–Kier alpha value is -2.01. The molecule has 3 rings (SSSR count). The fourth-order valence-electron chi connectivity index (χ4n) is 2.13. The number of amides is 2. The maximum atomic E-state index is 12.6. The quantitative estimate of drug-likeness (QED) is 0.817. The van der Waals surface area contributed by atoms with E-state index in [9.17, 15) is 9.59 Å². The normalized spacial score (nSPS) is 14.7. The fourth-order valence-corrected chi connectivity index (χ4v) is 2.65. The van der Waals surface area contributed by atoms with E-state index in [0.717, 1.165) is 4.90 Å². The Morgan fingerprint density at radius 3 is 2.13 bits per heavy atom. The molecule has 0 aliphatic carbocycles. The second-order valence-electron chi connectivity index (χ2n) is 4.72. The van der Waals surface area contributed by atoms with E-state index < -0.39 is 11.8 Å². The Labute approximate surface area is 147 Å². The van der Waals surface area contributed by atoms with E-state index >= 15 is 0 Å². The lowest BCUT2D eigenvalue weighted by Crippen LogP contribution is -2.32. The van der Waals surface area contributed by atoms with Crippen LogP contribution in [0.25, 0.3) is 0 Å². The second-order valence-corrected chi connectivity index (χ2v) is 5.94. The third-order valence-electron chi connectivity index (χ3n) is 3.25. The number of anilines is 2. The average molecular weight is 368 g/mol. The van der Waals surface area contributed by atoms with Crippen molar-refractivity contribution in [3.05, 3.63) is 69.3 Å². The summed E-state index contributed by atoms with van der Waals surface area (Å²) in [5.41, 5.74) is 0.861. The highest BCUT2D eigenvalue weighted by Crippen LogP contribution is 2.32. The smallest absolute Gasteiger partial charge is 0.283 e. The Kier molecular flexibility index (Phi) is 4.31. The monoisotopic (exact) mass is 366 g/mol. The highest BCUT2D eigenvalue weighted by atomic mass is 35.5. The molecule has 2 aromatic rings. The van der Waals surface area contributed by atoms with Gasteiger partial charge in [-0.2, -0.15) is 0 Å². The van der Waals surface area contributed by atoms with E-state index in [0.29, 0.717) is 21.4 Å². The van der Waals surface area contributed by atoms with Gasteiger partial charge in [0.2, 0.25) is 0 Å². The van der Waals surface area contributed by atoms with Gasteiger partial charge in [0.1, 0.15) is 10.7 Å². The van der Waals surface area contributed by atoms with Gasteiger partial charge in [-0.1, -0.05) is 46.9 Å². The number of hydrogen-bond acceptors (Lipinski definition) is 3. The molecular weight excluding hydrogens is 359 g/mol. The van der Waals surface area contributed by atoms with E-state index in [-0.39, 0.29) is 10.7 Å². The largest absolute Gasteiger partial charge is 0.348 e. The first kappa shape index (κ1) is 15.9. The van der Waals surface area contributed by atoms with Crippen molar-refractivity contribution in [3.8, 4) is 0 Å². The zero-order chi connectivity index (χ0) is 16.6. The summed E-state index contributed by atoms with van der Waals surface area (Å²) in [4.78, 5) is 25.8. The molecule has 2 amide bonds. The van der Waals surface area contributed by atoms with Gasteiger partial charge in [0.15, 0.2) is 0 Å². The molecule has 2 aromatic carbocycles. The molecule has 0 spiro atoms. The van der Waals surface area contributed by atoms with E-state index in [1.807, 2.05) is 0 Å². The van der Waals surface area contributed by atoms with Gasteiger partial charge in [0.05, 0.1) is 16.4 Å². The summed E-state index contributed by atoms with van der Waals surface area (Å²) < 4.78 is 0. The van der Waals surface area contributed by atoms with Crippen LogP contribution in [0.4, 0.5) is 11.4 Å². The molecule has 1 aliphatic heterocycles. The summed E-state index contributed by atoms with van der Waals surface area (Å²) in [6.45, 7) is 0. The summed E-state index contributed by atoms with van der Waals surface area (Å²) in [5, 5.41) is 3.55. The van der Waals surface area contributed by atoms with Crippen LogP contribution in [0.5, 0.6) is 0 Å². The highest BCUT2D eigenvalue weighted by molar-refractivity contribution is 6.53. The number of rotatable bonds is 3. The van der Waals surface area contributed by atoms with Gasteiger partial charge in [-0.05, 0) is 36.4 Å². The third kappa shape index (κ3) is 2.93. The van der Waals surface area contributed by atoms with Crippen LogP contribution in [0.3, 0.4) is 0 Å². The molecule has 1 aliphatic rings. The summed E-state index contributed by atoms with van der Waals surface area (Å²) in [6.07, 6.45) is 0. The molecule has 0 radical (unpaired) electrons. The maximum absolute atomic E-state index is 12.6. The minimum absolute atomic E-state index is 0.0142. The molecule has 1 heterocycles. The molecule has 23 heavy (non-hydrogen) atoms. The van der Waals surface area contributed by atoms with Gasteiger partial charge in [0, 0.05) is 5.02 Å². The molecule has 0 atom stereocenters. The van der Waals surface area contributed by atoms with Gasteiger partial charge in [0.25, 0.3) is 11.8 Å². The third-order valence-corrected chi connectivity index (χ3v) is 4.18. The van der Waals surface area contributed by atoms with Crippen LogP contribution in [-0.2, 0) is 9.59 Å². The molecular formula is C16H9Cl3N2O2. The Morgan fingerprint density at radius 2 is 1.48 bits per heavy atom. The van der Waals surface area contributed by atoms with E-state index in [1.165, 1.54) is 0 Å². The van der Waals surface area contributed by atoms with Crippen LogP contribution < -0.4 is 10.2 Å². The summed E-state index contributed by atoms with van der Waals surface area (Å²) in [7, 11) is 0. The van der Waals surface area contributed by atoms with Gasteiger partial charge < -0.3 is 5.32 Å². The second kappa shape index (κ2) is 6.24. The molecule has 0 saturated carbocycles. The van der Waals surface area contributed by atoms with E-state index in [1.54, 1.807) is 48.5 Å². The molecule has 0 saturated heterocycles. The minimum Gasteiger partial charge on any atom is -0.348 e. The maximum Gasteiger partial charge on any atom is 0.283 e. The van der Waals surface area contributed by atoms with Crippen LogP contribution in [-0.4, -0.2) is 11.8 Å². The number of halogens is 3. The molecule has 116 valence electrons. The zero-order valence-electron chi connectivity index (χ0n) is 11.5. The lowest BCUT2D eigenvalue weighted by Gasteiger charge is -2.15. The van der Waals surface area contributed by atoms with Crippen molar-refractivity contribution in [2.45, 2.75) is 0 Å². The summed E-state index contributed by atoms with van der Waals surface area (Å²) >= 11 is 17.9. The van der Waals surface area contributed by atoms with Crippen molar-refractivity contribution in [2.75, 3.05) is 10.2 Å². The molecule has 0 bridgehead atoms. The van der Waals surface area contributed by atoms with Crippen molar-refractivity contribution >= 4 is 58.0 Å². The Morgan fingerprint density at radius 1 is 0.826 bits per heavy atom. The molecule has 0 unspecified atom stereocenters. The van der Waals surface area contributed by atoms with Gasteiger partial charge in [-0.3, -0.25) is 9.59 Å². The first-order chi connectivity index (χ1) is 11.0. The number of para-hydroxylation sites is 1. The molecule has 0 aromatic heterocycles. The number of nitrogens with one attached hydrogen (secondary N) is 1. The van der Waals surface area contributed by atoms with Crippen molar-refractivity contribution in [1.82, 2.24) is 0 Å². The Bertz CT molecular complexity index is 831. The van der Waals surface area contributed by atoms with Crippen molar-refractivity contribution in [1.29, 1.82) is 0 Å². The lowest BCUT2D eigenvalue weighted by atomic mass is 10.3. The van der Waals surface area contributed by atoms with Crippen LogP contribution in [0.1, 0.15) is 0 Å².